The quantitative estimate of drug-likeness (QED) is 0.707. The maximum atomic E-state index is 12.4. The molecule has 23 heavy (non-hydrogen) atoms. The van der Waals surface area contributed by atoms with Crippen LogP contribution in [0.3, 0.4) is 0 Å². The van der Waals surface area contributed by atoms with E-state index in [0.29, 0.717) is 45.2 Å². The zero-order chi connectivity index (χ0) is 16.1. The summed E-state index contributed by atoms with van der Waals surface area (Å²) in [7, 11) is 0. The minimum Gasteiger partial charge on any atom is -0.337 e. The predicted molar refractivity (Wildman–Crippen MR) is 85.9 cm³/mol. The molecule has 7 nitrogen and oxygen atoms in total. The molecule has 2 aliphatic rings. The molecule has 0 atom stereocenters. The number of aromatic nitrogens is 2. The minimum absolute atomic E-state index is 0.337. The number of hydrogen-bond donors (Lipinski definition) is 0. The molecular formula is C16H23N5O2. The largest absolute Gasteiger partial charge is 0.337 e. The summed E-state index contributed by atoms with van der Waals surface area (Å²) < 4.78 is 0. The summed E-state index contributed by atoms with van der Waals surface area (Å²) in [5.74, 6) is -0.0183. The van der Waals surface area contributed by atoms with Crippen LogP contribution in [0.2, 0.25) is 0 Å². The first-order chi connectivity index (χ1) is 11.3. The first-order valence-corrected chi connectivity index (χ1v) is 8.36. The van der Waals surface area contributed by atoms with E-state index in [2.05, 4.69) is 9.97 Å². The zero-order valence-electron chi connectivity index (χ0n) is 13.4. The van der Waals surface area contributed by atoms with Crippen LogP contribution < -0.4 is 4.90 Å². The summed E-state index contributed by atoms with van der Waals surface area (Å²) in [5.41, 5.74) is 0. The fraction of sp³-hybridized carbons (Fsp3) is 0.625. The summed E-state index contributed by atoms with van der Waals surface area (Å²) in [4.78, 5) is 38.7. The number of carbonyl (C=O) groups excluding carboxylic acids is 2. The normalized spacial score (nSPS) is 19.4. The van der Waals surface area contributed by atoms with Crippen LogP contribution in [0.25, 0.3) is 0 Å². The van der Waals surface area contributed by atoms with Crippen LogP contribution >= 0.6 is 0 Å². The Labute approximate surface area is 136 Å². The van der Waals surface area contributed by atoms with Crippen LogP contribution in [0.5, 0.6) is 0 Å². The van der Waals surface area contributed by atoms with E-state index in [4.69, 9.17) is 0 Å². The van der Waals surface area contributed by atoms with Crippen molar-refractivity contribution < 1.29 is 9.59 Å². The molecule has 0 N–H and O–H groups in total. The Kier molecular flexibility index (Phi) is 5.05. The smallest absolute Gasteiger partial charge is 0.312 e. The molecule has 0 radical (unpaired) electrons. The monoisotopic (exact) mass is 317 g/mol. The Bertz CT molecular complexity index is 535. The lowest BCUT2D eigenvalue weighted by atomic mass is 10.2. The average molecular weight is 317 g/mol. The van der Waals surface area contributed by atoms with Crippen molar-refractivity contribution in [3.05, 3.63) is 18.5 Å². The highest BCUT2D eigenvalue weighted by Gasteiger charge is 2.30. The van der Waals surface area contributed by atoms with Gasteiger partial charge in [0.05, 0.1) is 0 Å². The Morgan fingerprint density at radius 3 is 1.83 bits per heavy atom. The molecule has 1 aromatic rings. The molecular weight excluding hydrogens is 294 g/mol. The van der Waals surface area contributed by atoms with Crippen molar-refractivity contribution in [3.8, 4) is 0 Å². The van der Waals surface area contributed by atoms with Crippen molar-refractivity contribution in [2.24, 2.45) is 0 Å². The van der Waals surface area contributed by atoms with Crippen LogP contribution in [0.15, 0.2) is 18.5 Å². The summed E-state index contributed by atoms with van der Waals surface area (Å²) in [6.45, 7) is 3.81. The van der Waals surface area contributed by atoms with Crippen molar-refractivity contribution in [3.63, 3.8) is 0 Å². The molecule has 0 spiro atoms. The van der Waals surface area contributed by atoms with E-state index in [1.807, 2.05) is 4.90 Å². The van der Waals surface area contributed by atoms with Crippen molar-refractivity contribution in [1.29, 1.82) is 0 Å². The van der Waals surface area contributed by atoms with Gasteiger partial charge in [0.25, 0.3) is 0 Å². The van der Waals surface area contributed by atoms with Crippen LogP contribution in [-0.2, 0) is 9.59 Å². The van der Waals surface area contributed by atoms with Crippen LogP contribution in [0, 0.1) is 0 Å². The first kappa shape index (κ1) is 15.7. The van der Waals surface area contributed by atoms with E-state index < -0.39 is 0 Å². The maximum absolute atomic E-state index is 12.4. The van der Waals surface area contributed by atoms with Crippen LogP contribution in [0.4, 0.5) is 5.95 Å². The third-order valence-electron chi connectivity index (χ3n) is 4.48. The van der Waals surface area contributed by atoms with E-state index in [9.17, 15) is 9.59 Å². The van der Waals surface area contributed by atoms with Gasteiger partial charge in [-0.15, -0.1) is 0 Å². The molecule has 0 aliphatic carbocycles. The standard InChI is InChI=1S/C16H23N5O2/c22-14(19-8-3-1-2-4-9-19)15(23)20-10-12-21(13-11-20)16-17-6-5-7-18-16/h5-7H,1-4,8-13H2. The highest BCUT2D eigenvalue weighted by molar-refractivity contribution is 6.34. The second-order valence-electron chi connectivity index (χ2n) is 6.03. The lowest BCUT2D eigenvalue weighted by Crippen LogP contribution is -2.53. The zero-order valence-corrected chi connectivity index (χ0v) is 13.4. The molecule has 1 aromatic heterocycles. The Balaban J connectivity index is 1.54. The van der Waals surface area contributed by atoms with Gasteiger partial charge in [0.2, 0.25) is 5.95 Å². The molecule has 2 saturated heterocycles. The molecule has 2 fully saturated rings. The molecule has 0 saturated carbocycles. The summed E-state index contributed by atoms with van der Waals surface area (Å²) in [6, 6.07) is 1.78. The van der Waals surface area contributed by atoms with Gasteiger partial charge in [-0.3, -0.25) is 9.59 Å². The number of piperazine rings is 1. The first-order valence-electron chi connectivity index (χ1n) is 8.36. The molecule has 3 heterocycles. The average Bonchev–Trinajstić information content (AvgIpc) is 2.91. The number of rotatable bonds is 1. The van der Waals surface area contributed by atoms with Gasteiger partial charge < -0.3 is 14.7 Å². The number of amides is 2. The van der Waals surface area contributed by atoms with E-state index >= 15 is 0 Å². The van der Waals surface area contributed by atoms with E-state index in [-0.39, 0.29) is 11.8 Å². The highest BCUT2D eigenvalue weighted by Crippen LogP contribution is 2.13. The molecule has 7 heteroatoms. The minimum atomic E-state index is -0.361. The fourth-order valence-electron chi connectivity index (χ4n) is 3.11. The molecule has 2 amide bonds. The van der Waals surface area contributed by atoms with Gasteiger partial charge in [0.15, 0.2) is 0 Å². The number of nitrogens with zero attached hydrogens (tertiary/aromatic N) is 5. The van der Waals surface area contributed by atoms with Gasteiger partial charge in [-0.2, -0.15) is 0 Å². The second kappa shape index (κ2) is 7.39. The molecule has 2 aliphatic heterocycles. The van der Waals surface area contributed by atoms with Crippen molar-refractivity contribution in [2.75, 3.05) is 44.2 Å². The molecule has 3 rings (SSSR count). The summed E-state index contributed by atoms with van der Waals surface area (Å²) >= 11 is 0. The fourth-order valence-corrected chi connectivity index (χ4v) is 3.11. The number of hydrogen-bond acceptors (Lipinski definition) is 5. The molecule has 0 unspecified atom stereocenters. The van der Waals surface area contributed by atoms with Crippen molar-refractivity contribution in [1.82, 2.24) is 19.8 Å². The summed E-state index contributed by atoms with van der Waals surface area (Å²) in [6.07, 6.45) is 7.71. The van der Waals surface area contributed by atoms with Gasteiger partial charge in [-0.1, -0.05) is 12.8 Å². The Morgan fingerprint density at radius 2 is 1.26 bits per heavy atom. The second-order valence-corrected chi connectivity index (χ2v) is 6.03. The van der Waals surface area contributed by atoms with Gasteiger partial charge in [-0.05, 0) is 18.9 Å². The van der Waals surface area contributed by atoms with Crippen molar-refractivity contribution >= 4 is 17.8 Å². The highest BCUT2D eigenvalue weighted by atomic mass is 16.2. The predicted octanol–water partition coefficient (Wildman–Crippen LogP) is 0.528. The third-order valence-corrected chi connectivity index (χ3v) is 4.48. The lowest BCUT2D eigenvalue weighted by Gasteiger charge is -2.35. The Morgan fingerprint density at radius 1 is 0.739 bits per heavy atom. The number of likely N-dealkylation sites (tertiary alicyclic amines) is 1. The van der Waals surface area contributed by atoms with Crippen LogP contribution in [0.1, 0.15) is 25.7 Å². The Hall–Kier alpha value is -2.18. The van der Waals surface area contributed by atoms with E-state index in [1.54, 1.807) is 28.3 Å². The summed E-state index contributed by atoms with van der Waals surface area (Å²) in [5, 5.41) is 0. The van der Waals surface area contributed by atoms with Gasteiger partial charge in [-0.25, -0.2) is 9.97 Å². The maximum Gasteiger partial charge on any atom is 0.312 e. The molecule has 124 valence electrons. The number of anilines is 1. The van der Waals surface area contributed by atoms with E-state index in [1.165, 1.54) is 0 Å². The number of carbonyl (C=O) groups is 2. The van der Waals surface area contributed by atoms with E-state index in [0.717, 1.165) is 25.7 Å². The van der Waals surface area contributed by atoms with Crippen LogP contribution in [-0.4, -0.2) is 70.9 Å². The van der Waals surface area contributed by atoms with Gasteiger partial charge in [0.1, 0.15) is 0 Å². The lowest BCUT2D eigenvalue weighted by molar-refractivity contribution is -0.152. The molecule has 0 aromatic carbocycles. The van der Waals surface area contributed by atoms with Crippen molar-refractivity contribution in [2.45, 2.75) is 25.7 Å². The van der Waals surface area contributed by atoms with Gasteiger partial charge in [0, 0.05) is 51.7 Å². The van der Waals surface area contributed by atoms with Gasteiger partial charge >= 0.3 is 11.8 Å². The third kappa shape index (κ3) is 3.78. The molecule has 0 bridgehead atoms. The SMILES string of the molecule is O=C(C(=O)N1CCN(c2ncccn2)CC1)N1CCCCCC1. The topological polar surface area (TPSA) is 69.6 Å².